The predicted octanol–water partition coefficient (Wildman–Crippen LogP) is 5.72. The Balaban J connectivity index is 1.57. The van der Waals surface area contributed by atoms with Gasteiger partial charge in [-0.05, 0) is 56.4 Å². The van der Waals surface area contributed by atoms with Crippen molar-refractivity contribution >= 4 is 6.09 Å². The summed E-state index contributed by atoms with van der Waals surface area (Å²) in [5.41, 5.74) is 3.12. The number of amides is 1. The molecule has 2 N–H and O–H groups in total. The molecule has 2 atom stereocenters. The molecule has 0 aromatic heterocycles. The SMILES string of the molecule is CC(C)(C)OC(=O)N[C@@H]1CCc2c(ccc(OCc3ccccc3)c2OCc2ccccc2)[C@H]1O. The third kappa shape index (κ3) is 6.55. The molecule has 6 nitrogen and oxygen atoms in total. The van der Waals surface area contributed by atoms with Crippen molar-refractivity contribution < 1.29 is 24.1 Å². The van der Waals surface area contributed by atoms with Gasteiger partial charge in [-0.25, -0.2) is 4.79 Å². The van der Waals surface area contributed by atoms with Crippen LogP contribution in [0, 0.1) is 0 Å². The second-order valence-electron chi connectivity index (χ2n) is 9.75. The molecule has 4 rings (SSSR count). The van der Waals surface area contributed by atoms with Crippen LogP contribution >= 0.6 is 0 Å². The molecule has 1 amide bonds. The van der Waals surface area contributed by atoms with E-state index in [1.807, 2.05) is 93.6 Å². The molecule has 0 spiro atoms. The highest BCUT2D eigenvalue weighted by Crippen LogP contribution is 2.42. The van der Waals surface area contributed by atoms with E-state index in [-0.39, 0.29) is 0 Å². The maximum Gasteiger partial charge on any atom is 0.407 e. The minimum atomic E-state index is -0.881. The lowest BCUT2D eigenvalue weighted by Crippen LogP contribution is -2.44. The number of carbonyl (C=O) groups excluding carboxylic acids is 1. The van der Waals surface area contributed by atoms with Gasteiger partial charge in [-0.15, -0.1) is 0 Å². The molecule has 0 unspecified atom stereocenters. The van der Waals surface area contributed by atoms with Gasteiger partial charge < -0.3 is 24.6 Å². The van der Waals surface area contributed by atoms with Crippen LogP contribution in [0.5, 0.6) is 11.5 Å². The number of hydrogen-bond donors (Lipinski definition) is 2. The Hall–Kier alpha value is -3.51. The molecule has 3 aromatic carbocycles. The van der Waals surface area contributed by atoms with Gasteiger partial charge in [0.15, 0.2) is 11.5 Å². The lowest BCUT2D eigenvalue weighted by atomic mass is 9.85. The summed E-state index contributed by atoms with van der Waals surface area (Å²) in [5, 5.41) is 13.9. The van der Waals surface area contributed by atoms with E-state index < -0.39 is 23.8 Å². The Bertz CT molecular complexity index is 1130. The zero-order valence-corrected chi connectivity index (χ0v) is 20.5. The van der Waals surface area contributed by atoms with E-state index in [2.05, 4.69) is 5.32 Å². The highest BCUT2D eigenvalue weighted by Gasteiger charge is 2.33. The number of alkyl carbamates (subject to hydrolysis) is 1. The molecule has 0 radical (unpaired) electrons. The molecule has 1 aliphatic carbocycles. The molecule has 3 aromatic rings. The van der Waals surface area contributed by atoms with E-state index in [1.165, 1.54) is 0 Å². The second kappa shape index (κ2) is 10.8. The summed E-state index contributed by atoms with van der Waals surface area (Å²) in [6.07, 6.45) is -0.238. The van der Waals surface area contributed by atoms with Gasteiger partial charge in [-0.2, -0.15) is 0 Å². The molecule has 0 saturated carbocycles. The zero-order chi connectivity index (χ0) is 24.8. The summed E-state index contributed by atoms with van der Waals surface area (Å²) in [5.74, 6) is 1.27. The van der Waals surface area contributed by atoms with E-state index in [1.54, 1.807) is 0 Å². The van der Waals surface area contributed by atoms with Gasteiger partial charge in [0.05, 0.1) is 12.1 Å². The smallest absolute Gasteiger partial charge is 0.407 e. The van der Waals surface area contributed by atoms with Crippen molar-refractivity contribution in [2.24, 2.45) is 0 Å². The summed E-state index contributed by atoms with van der Waals surface area (Å²) in [6, 6.07) is 23.1. The number of benzene rings is 3. The fraction of sp³-hybridized carbons (Fsp3) is 0.345. The van der Waals surface area contributed by atoms with Crippen molar-refractivity contribution in [1.82, 2.24) is 5.32 Å². The lowest BCUT2D eigenvalue weighted by Gasteiger charge is -2.33. The van der Waals surface area contributed by atoms with E-state index in [0.717, 1.165) is 22.3 Å². The van der Waals surface area contributed by atoms with Gasteiger partial charge in [-0.3, -0.25) is 0 Å². The molecule has 0 saturated heterocycles. The van der Waals surface area contributed by atoms with Gasteiger partial charge >= 0.3 is 6.09 Å². The number of fused-ring (bicyclic) bond motifs is 1. The van der Waals surface area contributed by atoms with Gasteiger partial charge in [-0.1, -0.05) is 66.7 Å². The van der Waals surface area contributed by atoms with Crippen LogP contribution in [-0.2, 0) is 24.4 Å². The van der Waals surface area contributed by atoms with Crippen molar-refractivity contribution in [3.8, 4) is 11.5 Å². The molecule has 0 fully saturated rings. The van der Waals surface area contributed by atoms with Crippen LogP contribution in [0.1, 0.15) is 55.5 Å². The summed E-state index contributed by atoms with van der Waals surface area (Å²) in [6.45, 7) is 6.23. The van der Waals surface area contributed by atoms with Gasteiger partial charge in [0.1, 0.15) is 18.8 Å². The first kappa shape index (κ1) is 24.6. The number of nitrogens with one attached hydrogen (secondary N) is 1. The third-order valence-corrected chi connectivity index (χ3v) is 5.83. The van der Waals surface area contributed by atoms with Crippen LogP contribution in [0.3, 0.4) is 0 Å². The van der Waals surface area contributed by atoms with Gasteiger partial charge in [0.25, 0.3) is 0 Å². The maximum atomic E-state index is 12.3. The standard InChI is InChI=1S/C29H33NO5/c1-29(2,3)35-28(32)30-24-16-14-23-22(26(24)31)15-17-25(33-18-20-10-6-4-7-11-20)27(23)34-19-21-12-8-5-9-13-21/h4-13,15,17,24,26,31H,14,16,18-19H2,1-3H3,(H,30,32)/t24-,26-/m1/s1. The molecule has 6 heteroatoms. The van der Waals surface area contributed by atoms with E-state index in [9.17, 15) is 9.90 Å². The van der Waals surface area contributed by atoms with Crippen LogP contribution in [0.4, 0.5) is 4.79 Å². The molecular weight excluding hydrogens is 442 g/mol. The average Bonchev–Trinajstić information content (AvgIpc) is 2.83. The Morgan fingerprint density at radius 1 is 0.914 bits per heavy atom. The number of rotatable bonds is 7. The highest BCUT2D eigenvalue weighted by molar-refractivity contribution is 5.68. The largest absolute Gasteiger partial charge is 0.485 e. The lowest BCUT2D eigenvalue weighted by molar-refractivity contribution is 0.0400. The summed E-state index contributed by atoms with van der Waals surface area (Å²) >= 11 is 0. The number of aliphatic hydroxyl groups excluding tert-OH is 1. The zero-order valence-electron chi connectivity index (χ0n) is 20.5. The minimum absolute atomic E-state index is 0.384. The molecule has 1 aliphatic rings. The fourth-order valence-corrected chi connectivity index (χ4v) is 4.18. The van der Waals surface area contributed by atoms with Crippen LogP contribution in [0.15, 0.2) is 72.8 Å². The normalized spacial score (nSPS) is 17.3. The number of hydrogen-bond acceptors (Lipinski definition) is 5. The maximum absolute atomic E-state index is 12.3. The topological polar surface area (TPSA) is 77.0 Å². The Kier molecular flexibility index (Phi) is 7.61. The molecular formula is C29H33NO5. The first-order chi connectivity index (χ1) is 16.8. The van der Waals surface area contributed by atoms with Crippen LogP contribution < -0.4 is 14.8 Å². The number of ether oxygens (including phenoxy) is 3. The second-order valence-corrected chi connectivity index (χ2v) is 9.75. The Morgan fingerprint density at radius 3 is 2.11 bits per heavy atom. The fourth-order valence-electron chi connectivity index (χ4n) is 4.18. The first-order valence-corrected chi connectivity index (χ1v) is 12.0. The van der Waals surface area contributed by atoms with E-state index in [0.29, 0.717) is 37.6 Å². The highest BCUT2D eigenvalue weighted by atomic mass is 16.6. The van der Waals surface area contributed by atoms with Crippen molar-refractivity contribution in [2.75, 3.05) is 0 Å². The molecule has 184 valence electrons. The predicted molar refractivity (Wildman–Crippen MR) is 134 cm³/mol. The van der Waals surface area contributed by atoms with E-state index in [4.69, 9.17) is 14.2 Å². The number of aliphatic hydroxyl groups is 1. The van der Waals surface area contributed by atoms with Crippen LogP contribution in [0.2, 0.25) is 0 Å². The third-order valence-electron chi connectivity index (χ3n) is 5.83. The van der Waals surface area contributed by atoms with Crippen molar-refractivity contribution in [2.45, 2.75) is 64.6 Å². The quantitative estimate of drug-likeness (QED) is 0.457. The number of carbonyl (C=O) groups is 1. The van der Waals surface area contributed by atoms with Crippen LogP contribution in [0.25, 0.3) is 0 Å². The summed E-state index contributed by atoms with van der Waals surface area (Å²) in [7, 11) is 0. The van der Waals surface area contributed by atoms with Crippen LogP contribution in [-0.4, -0.2) is 22.8 Å². The van der Waals surface area contributed by atoms with E-state index >= 15 is 0 Å². The molecule has 35 heavy (non-hydrogen) atoms. The van der Waals surface area contributed by atoms with Crippen molar-refractivity contribution in [3.63, 3.8) is 0 Å². The average molecular weight is 476 g/mol. The summed E-state index contributed by atoms with van der Waals surface area (Å²) in [4.78, 5) is 12.3. The van der Waals surface area contributed by atoms with Crippen molar-refractivity contribution in [1.29, 1.82) is 0 Å². The Labute approximate surface area is 206 Å². The minimum Gasteiger partial charge on any atom is -0.485 e. The van der Waals surface area contributed by atoms with Crippen molar-refractivity contribution in [3.05, 3.63) is 95.1 Å². The summed E-state index contributed by atoms with van der Waals surface area (Å²) < 4.78 is 17.8. The Morgan fingerprint density at radius 2 is 1.51 bits per heavy atom. The van der Waals surface area contributed by atoms with Gasteiger partial charge in [0, 0.05) is 5.56 Å². The van der Waals surface area contributed by atoms with Gasteiger partial charge in [0.2, 0.25) is 0 Å². The molecule has 0 aliphatic heterocycles. The first-order valence-electron chi connectivity index (χ1n) is 12.0. The molecule has 0 bridgehead atoms. The monoisotopic (exact) mass is 475 g/mol. The molecule has 0 heterocycles.